The maximum Gasteiger partial charge on any atom is 0.0835 e. The zero-order chi connectivity index (χ0) is 13.1. The van der Waals surface area contributed by atoms with Gasteiger partial charge >= 0.3 is 0 Å². The maximum absolute atomic E-state index is 6.23. The van der Waals surface area contributed by atoms with Gasteiger partial charge in [-0.1, -0.05) is 30.1 Å². The van der Waals surface area contributed by atoms with E-state index in [0.717, 1.165) is 36.0 Å². The Hall–Kier alpha value is 0.0400. The Morgan fingerprint density at radius 2 is 2.17 bits per heavy atom. The van der Waals surface area contributed by atoms with E-state index in [1.165, 1.54) is 0 Å². The molecule has 0 radical (unpaired) electrons. The van der Waals surface area contributed by atoms with Crippen LogP contribution in [0.4, 0.5) is 5.69 Å². The van der Waals surface area contributed by atoms with Crippen molar-refractivity contribution < 1.29 is 4.74 Å². The highest BCUT2D eigenvalue weighted by atomic mass is 79.9. The standard InChI is InChI=1S/C13H16BrCl2NO/c1-2-9-7-8(5-6-18-9)17-11-4-3-10(14)12(15)13(11)16/h3-4,8-9,17H,2,5-7H2,1H3. The van der Waals surface area contributed by atoms with Crippen molar-refractivity contribution in [1.29, 1.82) is 0 Å². The molecule has 1 N–H and O–H groups in total. The molecule has 1 fully saturated rings. The Labute approximate surface area is 126 Å². The van der Waals surface area contributed by atoms with Crippen molar-refractivity contribution in [3.63, 3.8) is 0 Å². The summed E-state index contributed by atoms with van der Waals surface area (Å²) in [6.07, 6.45) is 3.41. The molecule has 0 aromatic heterocycles. The number of halogens is 3. The smallest absolute Gasteiger partial charge is 0.0835 e. The number of benzene rings is 1. The van der Waals surface area contributed by atoms with Crippen molar-refractivity contribution in [2.45, 2.75) is 38.3 Å². The molecule has 1 aliphatic rings. The highest BCUT2D eigenvalue weighted by molar-refractivity contribution is 9.10. The summed E-state index contributed by atoms with van der Waals surface area (Å²) in [6.45, 7) is 2.95. The van der Waals surface area contributed by atoms with Gasteiger partial charge in [-0.25, -0.2) is 0 Å². The van der Waals surface area contributed by atoms with E-state index in [0.29, 0.717) is 22.2 Å². The topological polar surface area (TPSA) is 21.3 Å². The summed E-state index contributed by atoms with van der Waals surface area (Å²) in [5.41, 5.74) is 0.895. The number of rotatable bonds is 3. The molecule has 18 heavy (non-hydrogen) atoms. The first kappa shape index (κ1) is 14.4. The van der Waals surface area contributed by atoms with Crippen LogP contribution in [0, 0.1) is 0 Å². The molecule has 0 saturated carbocycles. The molecule has 0 amide bonds. The van der Waals surface area contributed by atoms with Crippen LogP contribution in [-0.4, -0.2) is 18.8 Å². The molecule has 100 valence electrons. The predicted molar refractivity (Wildman–Crippen MR) is 80.8 cm³/mol. The summed E-state index contributed by atoms with van der Waals surface area (Å²) >= 11 is 15.7. The fourth-order valence-corrected chi connectivity index (χ4v) is 2.98. The lowest BCUT2D eigenvalue weighted by molar-refractivity contribution is 0.00926. The lowest BCUT2D eigenvalue weighted by Crippen LogP contribution is -2.33. The summed E-state index contributed by atoms with van der Waals surface area (Å²) in [5, 5.41) is 4.60. The first-order chi connectivity index (χ1) is 8.61. The maximum atomic E-state index is 6.23. The molecule has 5 heteroatoms. The van der Waals surface area contributed by atoms with Crippen LogP contribution in [0.3, 0.4) is 0 Å². The summed E-state index contributed by atoms with van der Waals surface area (Å²) < 4.78 is 6.48. The van der Waals surface area contributed by atoms with E-state index in [1.54, 1.807) is 0 Å². The fourth-order valence-electron chi connectivity index (χ4n) is 2.15. The molecule has 2 atom stereocenters. The molecular formula is C13H16BrCl2NO. The third-order valence-electron chi connectivity index (χ3n) is 3.22. The molecule has 0 spiro atoms. The monoisotopic (exact) mass is 351 g/mol. The minimum atomic E-state index is 0.348. The Morgan fingerprint density at radius 3 is 2.89 bits per heavy atom. The lowest BCUT2D eigenvalue weighted by atomic mass is 10.0. The molecule has 2 unspecified atom stereocenters. The van der Waals surface area contributed by atoms with E-state index in [2.05, 4.69) is 28.2 Å². The van der Waals surface area contributed by atoms with Gasteiger partial charge in [0.25, 0.3) is 0 Å². The van der Waals surface area contributed by atoms with Crippen LogP contribution < -0.4 is 5.32 Å². The third kappa shape index (κ3) is 3.32. The van der Waals surface area contributed by atoms with Gasteiger partial charge in [0.15, 0.2) is 0 Å². The molecule has 2 rings (SSSR count). The molecule has 2 nitrogen and oxygen atoms in total. The zero-order valence-electron chi connectivity index (χ0n) is 10.2. The van der Waals surface area contributed by atoms with Crippen LogP contribution >= 0.6 is 39.1 Å². The molecule has 0 aliphatic carbocycles. The normalized spacial score (nSPS) is 24.0. The molecule has 1 saturated heterocycles. The van der Waals surface area contributed by atoms with Crippen LogP contribution in [0.5, 0.6) is 0 Å². The van der Waals surface area contributed by atoms with Gasteiger partial charge in [-0.3, -0.25) is 0 Å². The molecule has 1 aromatic carbocycles. The van der Waals surface area contributed by atoms with Gasteiger partial charge in [0.1, 0.15) is 0 Å². The van der Waals surface area contributed by atoms with E-state index in [-0.39, 0.29) is 0 Å². The first-order valence-corrected chi connectivity index (χ1v) is 7.68. The molecule has 0 bridgehead atoms. The van der Waals surface area contributed by atoms with Gasteiger partial charge < -0.3 is 10.1 Å². The summed E-state index contributed by atoms with van der Waals surface area (Å²) in [4.78, 5) is 0. The summed E-state index contributed by atoms with van der Waals surface area (Å²) in [6, 6.07) is 4.26. The molecule has 1 aliphatic heterocycles. The summed E-state index contributed by atoms with van der Waals surface area (Å²) in [7, 11) is 0. The van der Waals surface area contributed by atoms with Gasteiger partial charge in [0.2, 0.25) is 0 Å². The summed E-state index contributed by atoms with van der Waals surface area (Å²) in [5.74, 6) is 0. The number of ether oxygens (including phenoxy) is 1. The van der Waals surface area contributed by atoms with Gasteiger partial charge in [-0.2, -0.15) is 0 Å². The van der Waals surface area contributed by atoms with Gasteiger partial charge in [0.05, 0.1) is 21.8 Å². The number of hydrogen-bond donors (Lipinski definition) is 1. The quantitative estimate of drug-likeness (QED) is 0.761. The second-order valence-corrected chi connectivity index (χ2v) is 6.10. The number of hydrogen-bond acceptors (Lipinski definition) is 2. The van der Waals surface area contributed by atoms with Crippen molar-refractivity contribution >= 4 is 44.8 Å². The average molecular weight is 353 g/mol. The Bertz CT molecular complexity index is 428. The Kier molecular flexibility index (Phi) is 5.19. The first-order valence-electron chi connectivity index (χ1n) is 6.13. The van der Waals surface area contributed by atoms with Gasteiger partial charge in [-0.05, 0) is 47.3 Å². The van der Waals surface area contributed by atoms with E-state index in [9.17, 15) is 0 Å². The molecule has 1 heterocycles. The Balaban J connectivity index is 2.07. The zero-order valence-corrected chi connectivity index (χ0v) is 13.3. The van der Waals surface area contributed by atoms with Crippen molar-refractivity contribution in [2.75, 3.05) is 11.9 Å². The van der Waals surface area contributed by atoms with E-state index in [1.807, 2.05) is 12.1 Å². The second kappa shape index (κ2) is 6.47. The van der Waals surface area contributed by atoms with Crippen LogP contribution in [0.15, 0.2) is 16.6 Å². The van der Waals surface area contributed by atoms with Crippen LogP contribution in [0.2, 0.25) is 10.0 Å². The van der Waals surface area contributed by atoms with Gasteiger partial charge in [-0.15, -0.1) is 0 Å². The van der Waals surface area contributed by atoms with Crippen molar-refractivity contribution in [3.05, 3.63) is 26.7 Å². The van der Waals surface area contributed by atoms with Crippen molar-refractivity contribution in [2.24, 2.45) is 0 Å². The second-order valence-electron chi connectivity index (χ2n) is 4.49. The minimum Gasteiger partial charge on any atom is -0.381 e. The molecule has 1 aromatic rings. The average Bonchev–Trinajstić information content (AvgIpc) is 2.40. The minimum absolute atomic E-state index is 0.348. The van der Waals surface area contributed by atoms with Crippen LogP contribution in [0.1, 0.15) is 26.2 Å². The highest BCUT2D eigenvalue weighted by Gasteiger charge is 2.22. The van der Waals surface area contributed by atoms with E-state index >= 15 is 0 Å². The Morgan fingerprint density at radius 1 is 1.39 bits per heavy atom. The third-order valence-corrected chi connectivity index (χ3v) is 4.99. The lowest BCUT2D eigenvalue weighted by Gasteiger charge is -2.30. The van der Waals surface area contributed by atoms with Gasteiger partial charge in [0, 0.05) is 17.1 Å². The largest absolute Gasteiger partial charge is 0.381 e. The SMILES string of the molecule is CCC1CC(Nc2ccc(Br)c(Cl)c2Cl)CCO1. The fraction of sp³-hybridized carbons (Fsp3) is 0.538. The molecular weight excluding hydrogens is 337 g/mol. The highest BCUT2D eigenvalue weighted by Crippen LogP contribution is 2.36. The van der Waals surface area contributed by atoms with E-state index < -0.39 is 0 Å². The number of nitrogens with one attached hydrogen (secondary N) is 1. The van der Waals surface area contributed by atoms with Crippen molar-refractivity contribution in [3.8, 4) is 0 Å². The van der Waals surface area contributed by atoms with Crippen molar-refractivity contribution in [1.82, 2.24) is 0 Å². The van der Waals surface area contributed by atoms with Crippen LogP contribution in [-0.2, 0) is 4.74 Å². The number of anilines is 1. The van der Waals surface area contributed by atoms with E-state index in [4.69, 9.17) is 27.9 Å². The predicted octanol–water partition coefficient (Wildman–Crippen LogP) is 5.13. The van der Waals surface area contributed by atoms with Crippen LogP contribution in [0.25, 0.3) is 0 Å².